The molecular formula is C15H23N3O2. The summed E-state index contributed by atoms with van der Waals surface area (Å²) in [4.78, 5) is 11.1. The highest BCUT2D eigenvalue weighted by atomic mass is 16.5. The summed E-state index contributed by atoms with van der Waals surface area (Å²) in [7, 11) is 1.79. The molecule has 2 atom stereocenters. The first-order chi connectivity index (χ1) is 9.72. The quantitative estimate of drug-likeness (QED) is 0.839. The van der Waals surface area contributed by atoms with Crippen LogP contribution in [0, 0.1) is 6.92 Å². The van der Waals surface area contributed by atoms with E-state index in [9.17, 15) is 0 Å². The molecule has 2 aliphatic heterocycles. The van der Waals surface area contributed by atoms with E-state index < -0.39 is 0 Å². The zero-order chi connectivity index (χ0) is 14.0. The molecule has 0 amide bonds. The molecule has 0 aromatic carbocycles. The third-order valence-electron chi connectivity index (χ3n) is 4.50. The van der Waals surface area contributed by atoms with Crippen molar-refractivity contribution >= 4 is 0 Å². The third kappa shape index (κ3) is 2.71. The normalized spacial score (nSPS) is 31.0. The van der Waals surface area contributed by atoms with E-state index in [0.717, 1.165) is 56.9 Å². The van der Waals surface area contributed by atoms with Crippen molar-refractivity contribution in [3.05, 3.63) is 23.8 Å². The molecule has 0 bridgehead atoms. The summed E-state index contributed by atoms with van der Waals surface area (Å²) in [6.07, 6.45) is 7.19. The van der Waals surface area contributed by atoms with Crippen molar-refractivity contribution in [1.29, 1.82) is 0 Å². The van der Waals surface area contributed by atoms with Crippen molar-refractivity contribution < 1.29 is 9.47 Å². The Morgan fingerprint density at radius 3 is 2.95 bits per heavy atom. The van der Waals surface area contributed by atoms with Crippen LogP contribution in [0.2, 0.25) is 0 Å². The summed E-state index contributed by atoms with van der Waals surface area (Å²) in [5.74, 6) is 0. The number of aromatic nitrogens is 2. The fourth-order valence-corrected chi connectivity index (χ4v) is 3.33. The summed E-state index contributed by atoms with van der Waals surface area (Å²) >= 11 is 0. The van der Waals surface area contributed by atoms with Gasteiger partial charge in [-0.3, -0.25) is 14.9 Å². The average Bonchev–Trinajstić information content (AvgIpc) is 2.93. The van der Waals surface area contributed by atoms with Gasteiger partial charge in [0.2, 0.25) is 0 Å². The molecule has 5 heteroatoms. The van der Waals surface area contributed by atoms with Gasteiger partial charge in [-0.05, 0) is 26.2 Å². The standard InChI is InChI=1S/C15H23N3O2/c1-12-8-17-13(9-16-12)10-18-6-5-15(4-3-7-20-15)14(11-18)19-2/h8-9,14H,3-7,10-11H2,1-2H3/t14-,15-/m0/s1. The summed E-state index contributed by atoms with van der Waals surface area (Å²) in [5, 5.41) is 0. The number of rotatable bonds is 3. The SMILES string of the molecule is CO[C@H]1CN(Cc2cnc(C)cn2)CC[C@@]12CCCO2. The Morgan fingerprint density at radius 2 is 2.30 bits per heavy atom. The fourth-order valence-electron chi connectivity index (χ4n) is 3.33. The van der Waals surface area contributed by atoms with Gasteiger partial charge in [0, 0.05) is 45.7 Å². The molecule has 2 fully saturated rings. The summed E-state index contributed by atoms with van der Waals surface area (Å²) in [6, 6.07) is 0. The molecule has 2 saturated heterocycles. The van der Waals surface area contributed by atoms with Crippen LogP contribution in [0.25, 0.3) is 0 Å². The zero-order valence-electron chi connectivity index (χ0n) is 12.3. The molecule has 5 nitrogen and oxygen atoms in total. The Kier molecular flexibility index (Phi) is 4.01. The first kappa shape index (κ1) is 13.9. The van der Waals surface area contributed by atoms with E-state index >= 15 is 0 Å². The first-order valence-electron chi connectivity index (χ1n) is 7.38. The van der Waals surface area contributed by atoms with Gasteiger partial charge in [-0.25, -0.2) is 0 Å². The van der Waals surface area contributed by atoms with Gasteiger partial charge in [0.15, 0.2) is 0 Å². The van der Waals surface area contributed by atoms with E-state index in [2.05, 4.69) is 14.9 Å². The van der Waals surface area contributed by atoms with E-state index in [1.807, 2.05) is 19.3 Å². The first-order valence-corrected chi connectivity index (χ1v) is 7.38. The van der Waals surface area contributed by atoms with E-state index in [-0.39, 0.29) is 11.7 Å². The molecule has 3 rings (SSSR count). The molecule has 1 aromatic rings. The largest absolute Gasteiger partial charge is 0.377 e. The number of methoxy groups -OCH3 is 1. The molecule has 2 aliphatic rings. The van der Waals surface area contributed by atoms with Gasteiger partial charge in [-0.1, -0.05) is 0 Å². The minimum absolute atomic E-state index is 0.0375. The number of piperidine rings is 1. The Morgan fingerprint density at radius 1 is 1.40 bits per heavy atom. The molecule has 0 saturated carbocycles. The second-order valence-corrected chi connectivity index (χ2v) is 5.88. The molecule has 1 spiro atoms. The number of likely N-dealkylation sites (tertiary alicyclic amines) is 1. The van der Waals surface area contributed by atoms with Gasteiger partial charge >= 0.3 is 0 Å². The van der Waals surface area contributed by atoms with Crippen LogP contribution < -0.4 is 0 Å². The van der Waals surface area contributed by atoms with Crippen LogP contribution in [0.15, 0.2) is 12.4 Å². The van der Waals surface area contributed by atoms with Crippen LogP contribution >= 0.6 is 0 Å². The van der Waals surface area contributed by atoms with Crippen LogP contribution in [0.4, 0.5) is 0 Å². The monoisotopic (exact) mass is 277 g/mol. The van der Waals surface area contributed by atoms with Crippen molar-refractivity contribution in [1.82, 2.24) is 14.9 Å². The van der Waals surface area contributed by atoms with E-state index in [1.165, 1.54) is 0 Å². The van der Waals surface area contributed by atoms with Crippen LogP contribution in [-0.4, -0.2) is 53.4 Å². The highest BCUT2D eigenvalue weighted by molar-refractivity contribution is 5.03. The van der Waals surface area contributed by atoms with Gasteiger partial charge in [0.05, 0.1) is 23.1 Å². The van der Waals surface area contributed by atoms with Crippen molar-refractivity contribution in [2.75, 3.05) is 26.8 Å². The van der Waals surface area contributed by atoms with Gasteiger partial charge in [-0.2, -0.15) is 0 Å². The second kappa shape index (κ2) is 5.76. The molecular weight excluding hydrogens is 254 g/mol. The Hall–Kier alpha value is -1.04. The molecule has 1 aromatic heterocycles. The van der Waals surface area contributed by atoms with Crippen LogP contribution in [0.1, 0.15) is 30.7 Å². The van der Waals surface area contributed by atoms with Crippen LogP contribution in [0.3, 0.4) is 0 Å². The summed E-state index contributed by atoms with van der Waals surface area (Å²) < 4.78 is 11.7. The minimum atomic E-state index is -0.0375. The molecule has 0 N–H and O–H groups in total. The predicted octanol–water partition coefficient (Wildman–Crippen LogP) is 1.55. The Bertz CT molecular complexity index is 443. The number of nitrogens with zero attached hydrogens (tertiary/aromatic N) is 3. The van der Waals surface area contributed by atoms with E-state index in [0.29, 0.717) is 0 Å². The molecule has 3 heterocycles. The van der Waals surface area contributed by atoms with E-state index in [1.54, 1.807) is 7.11 Å². The number of aryl methyl sites for hydroxylation is 1. The summed E-state index contributed by atoms with van der Waals surface area (Å²) in [6.45, 7) is 5.62. The van der Waals surface area contributed by atoms with Gasteiger partial charge < -0.3 is 9.47 Å². The van der Waals surface area contributed by atoms with Crippen molar-refractivity contribution in [3.8, 4) is 0 Å². The fraction of sp³-hybridized carbons (Fsp3) is 0.733. The van der Waals surface area contributed by atoms with E-state index in [4.69, 9.17) is 9.47 Å². The Labute approximate surface area is 120 Å². The minimum Gasteiger partial charge on any atom is -0.377 e. The highest BCUT2D eigenvalue weighted by Crippen LogP contribution is 2.37. The van der Waals surface area contributed by atoms with Crippen LogP contribution in [0.5, 0.6) is 0 Å². The Balaban J connectivity index is 1.64. The molecule has 0 aliphatic carbocycles. The van der Waals surface area contributed by atoms with Gasteiger partial charge in [0.25, 0.3) is 0 Å². The predicted molar refractivity (Wildman–Crippen MR) is 75.4 cm³/mol. The van der Waals surface area contributed by atoms with Crippen molar-refractivity contribution in [3.63, 3.8) is 0 Å². The van der Waals surface area contributed by atoms with Crippen molar-refractivity contribution in [2.45, 2.75) is 44.4 Å². The topological polar surface area (TPSA) is 47.5 Å². The number of hydrogen-bond acceptors (Lipinski definition) is 5. The van der Waals surface area contributed by atoms with Crippen LogP contribution in [-0.2, 0) is 16.0 Å². The van der Waals surface area contributed by atoms with Gasteiger partial charge in [-0.15, -0.1) is 0 Å². The molecule has 0 unspecified atom stereocenters. The second-order valence-electron chi connectivity index (χ2n) is 5.88. The molecule has 20 heavy (non-hydrogen) atoms. The third-order valence-corrected chi connectivity index (χ3v) is 4.50. The summed E-state index contributed by atoms with van der Waals surface area (Å²) in [5.41, 5.74) is 1.94. The maximum Gasteiger partial charge on any atom is 0.0987 e. The number of hydrogen-bond donors (Lipinski definition) is 0. The average molecular weight is 277 g/mol. The lowest BCUT2D eigenvalue weighted by Crippen LogP contribution is -2.55. The highest BCUT2D eigenvalue weighted by Gasteiger charge is 2.46. The number of ether oxygens (including phenoxy) is 2. The molecule has 0 radical (unpaired) electrons. The smallest absolute Gasteiger partial charge is 0.0987 e. The maximum absolute atomic E-state index is 6.02. The van der Waals surface area contributed by atoms with Crippen molar-refractivity contribution in [2.24, 2.45) is 0 Å². The lowest BCUT2D eigenvalue weighted by molar-refractivity contribution is -0.143. The maximum atomic E-state index is 6.02. The lowest BCUT2D eigenvalue weighted by Gasteiger charge is -2.44. The molecule has 110 valence electrons. The van der Waals surface area contributed by atoms with Gasteiger partial charge in [0.1, 0.15) is 0 Å². The zero-order valence-corrected chi connectivity index (χ0v) is 12.3. The lowest BCUT2D eigenvalue weighted by atomic mass is 9.86.